The van der Waals surface area contributed by atoms with Crippen LogP contribution in [0.2, 0.25) is 0 Å². The molecule has 0 aliphatic heterocycles. The minimum atomic E-state index is -0.559. The minimum absolute atomic E-state index is 0.204. The van der Waals surface area contributed by atoms with Crippen molar-refractivity contribution in [1.29, 1.82) is 0 Å². The molecule has 0 spiro atoms. The fourth-order valence-corrected chi connectivity index (χ4v) is 1.58. The fourth-order valence-electron chi connectivity index (χ4n) is 1.58. The lowest BCUT2D eigenvalue weighted by Gasteiger charge is -2.23. The molecular weight excluding hydrogens is 250 g/mol. The van der Waals surface area contributed by atoms with Gasteiger partial charge < -0.3 is 29.8 Å². The first-order chi connectivity index (χ1) is 9.14. The molecule has 6 heteroatoms. The third-order valence-electron chi connectivity index (χ3n) is 2.63. The summed E-state index contributed by atoms with van der Waals surface area (Å²) in [6.45, 7) is 0.0936. The molecule has 0 heterocycles. The highest BCUT2D eigenvalue weighted by Gasteiger charge is 2.19. The van der Waals surface area contributed by atoms with Crippen LogP contribution in [0.4, 0.5) is 0 Å². The zero-order valence-electron chi connectivity index (χ0n) is 11.5. The first-order valence-electron chi connectivity index (χ1n) is 5.89. The number of ether oxygens (including phenoxy) is 4. The highest BCUT2D eigenvalue weighted by molar-refractivity contribution is 5.42. The van der Waals surface area contributed by atoms with Crippen LogP contribution in [0, 0.1) is 0 Å². The van der Waals surface area contributed by atoms with Crippen molar-refractivity contribution in [2.24, 2.45) is 5.73 Å². The summed E-state index contributed by atoms with van der Waals surface area (Å²) in [6, 6.07) is 4.71. The van der Waals surface area contributed by atoms with Crippen LogP contribution in [-0.4, -0.2) is 51.8 Å². The first kappa shape index (κ1) is 15.6. The van der Waals surface area contributed by atoms with Crippen LogP contribution in [0.15, 0.2) is 18.2 Å². The smallest absolute Gasteiger partial charge is 0.139 e. The van der Waals surface area contributed by atoms with Crippen molar-refractivity contribution >= 4 is 0 Å². The van der Waals surface area contributed by atoms with Gasteiger partial charge in [0.15, 0.2) is 0 Å². The molecule has 3 N–H and O–H groups in total. The van der Waals surface area contributed by atoms with E-state index in [2.05, 4.69) is 0 Å². The highest BCUT2D eigenvalue weighted by Crippen LogP contribution is 2.28. The van der Waals surface area contributed by atoms with Crippen molar-refractivity contribution in [3.05, 3.63) is 18.2 Å². The Labute approximate surface area is 113 Å². The van der Waals surface area contributed by atoms with Crippen LogP contribution in [0.5, 0.6) is 17.2 Å². The molecule has 0 fully saturated rings. The Morgan fingerprint density at radius 3 is 2.00 bits per heavy atom. The largest absolute Gasteiger partial charge is 0.496 e. The van der Waals surface area contributed by atoms with E-state index in [4.69, 9.17) is 24.7 Å². The number of hydrogen-bond donors (Lipinski definition) is 2. The molecule has 2 atom stereocenters. The second-order valence-electron chi connectivity index (χ2n) is 4.01. The summed E-state index contributed by atoms with van der Waals surface area (Å²) in [6.07, 6.45) is -0.559. The highest BCUT2D eigenvalue weighted by atomic mass is 16.5. The zero-order chi connectivity index (χ0) is 14.3. The van der Waals surface area contributed by atoms with E-state index in [-0.39, 0.29) is 6.61 Å². The van der Waals surface area contributed by atoms with Crippen LogP contribution in [0.1, 0.15) is 0 Å². The van der Waals surface area contributed by atoms with E-state index in [0.29, 0.717) is 23.9 Å². The molecule has 0 aromatic heterocycles. The number of aliphatic hydroxyl groups excluding tert-OH is 1. The molecule has 0 saturated heterocycles. The van der Waals surface area contributed by atoms with Crippen molar-refractivity contribution in [2.45, 2.75) is 12.1 Å². The lowest BCUT2D eigenvalue weighted by Crippen LogP contribution is -2.44. The Morgan fingerprint density at radius 1 is 1.05 bits per heavy atom. The first-order valence-corrected chi connectivity index (χ1v) is 5.89. The van der Waals surface area contributed by atoms with E-state index in [0.717, 1.165) is 0 Å². The van der Waals surface area contributed by atoms with E-state index in [1.54, 1.807) is 39.5 Å². The van der Waals surface area contributed by atoms with Crippen molar-refractivity contribution in [2.75, 3.05) is 34.5 Å². The Morgan fingerprint density at radius 2 is 1.58 bits per heavy atom. The number of aliphatic hydroxyl groups is 1. The van der Waals surface area contributed by atoms with Gasteiger partial charge in [-0.25, -0.2) is 0 Å². The van der Waals surface area contributed by atoms with Crippen molar-refractivity contribution in [1.82, 2.24) is 0 Å². The Kier molecular flexibility index (Phi) is 6.41. The second-order valence-corrected chi connectivity index (χ2v) is 4.01. The van der Waals surface area contributed by atoms with Gasteiger partial charge in [-0.2, -0.15) is 0 Å². The number of nitrogens with two attached hydrogens (primary N) is 1. The molecule has 0 aliphatic rings. The molecular formula is C13H21NO5. The van der Waals surface area contributed by atoms with Gasteiger partial charge in [-0.05, 0) is 0 Å². The molecule has 0 bridgehead atoms. The third kappa shape index (κ3) is 4.59. The molecule has 1 aromatic carbocycles. The maximum Gasteiger partial charge on any atom is 0.139 e. The normalized spacial score (nSPS) is 13.7. The molecule has 1 aromatic rings. The fraction of sp³-hybridized carbons (Fsp3) is 0.538. The van der Waals surface area contributed by atoms with Crippen LogP contribution < -0.4 is 19.9 Å². The van der Waals surface area contributed by atoms with Crippen LogP contribution in [0.25, 0.3) is 0 Å². The van der Waals surface area contributed by atoms with Gasteiger partial charge in [-0.1, -0.05) is 0 Å². The maximum absolute atomic E-state index is 9.31. The summed E-state index contributed by atoms with van der Waals surface area (Å²) in [7, 11) is 4.65. The average molecular weight is 271 g/mol. The average Bonchev–Trinajstić information content (AvgIpc) is 2.44. The predicted molar refractivity (Wildman–Crippen MR) is 70.9 cm³/mol. The molecule has 0 saturated carbocycles. The van der Waals surface area contributed by atoms with E-state index in [1.165, 1.54) is 0 Å². The third-order valence-corrected chi connectivity index (χ3v) is 2.63. The van der Waals surface area contributed by atoms with Crippen molar-refractivity contribution in [3.8, 4) is 17.2 Å². The molecule has 108 valence electrons. The molecule has 0 aliphatic carbocycles. The predicted octanol–water partition coefficient (Wildman–Crippen LogP) is 0.417. The number of methoxy groups -OCH3 is 3. The second kappa shape index (κ2) is 7.83. The summed E-state index contributed by atoms with van der Waals surface area (Å²) in [5.74, 6) is 1.72. The number of benzene rings is 1. The summed E-state index contributed by atoms with van der Waals surface area (Å²) in [5, 5.41) is 9.31. The van der Waals surface area contributed by atoms with Gasteiger partial charge in [-0.3, -0.25) is 0 Å². The lowest BCUT2D eigenvalue weighted by molar-refractivity contribution is 0.0602. The molecule has 2 unspecified atom stereocenters. The summed E-state index contributed by atoms with van der Waals surface area (Å²) in [4.78, 5) is 0. The standard InChI is InChI=1S/C13H21NO5/c1-16-8-12(14)13(7-15)19-11-5-9(17-2)4-10(6-11)18-3/h4-6,12-13,15H,7-8,14H2,1-3H3. The van der Waals surface area contributed by atoms with Crippen molar-refractivity contribution < 1.29 is 24.1 Å². The minimum Gasteiger partial charge on any atom is -0.496 e. The van der Waals surface area contributed by atoms with Gasteiger partial charge in [0.05, 0.1) is 33.5 Å². The van der Waals surface area contributed by atoms with Gasteiger partial charge in [0.2, 0.25) is 0 Å². The zero-order valence-corrected chi connectivity index (χ0v) is 11.5. The van der Waals surface area contributed by atoms with Crippen LogP contribution >= 0.6 is 0 Å². The molecule has 0 radical (unpaired) electrons. The van der Waals surface area contributed by atoms with Gasteiger partial charge in [0.1, 0.15) is 23.4 Å². The van der Waals surface area contributed by atoms with E-state index < -0.39 is 12.1 Å². The number of hydrogen-bond acceptors (Lipinski definition) is 6. The van der Waals surface area contributed by atoms with Crippen LogP contribution in [0.3, 0.4) is 0 Å². The molecule has 19 heavy (non-hydrogen) atoms. The molecule has 0 amide bonds. The lowest BCUT2D eigenvalue weighted by atomic mass is 10.2. The summed E-state index contributed by atoms with van der Waals surface area (Å²) in [5.41, 5.74) is 5.86. The van der Waals surface area contributed by atoms with Gasteiger partial charge in [0.25, 0.3) is 0 Å². The van der Waals surface area contributed by atoms with Gasteiger partial charge >= 0.3 is 0 Å². The maximum atomic E-state index is 9.31. The Bertz CT molecular complexity index is 363. The molecule has 1 rings (SSSR count). The van der Waals surface area contributed by atoms with Crippen molar-refractivity contribution in [3.63, 3.8) is 0 Å². The molecule has 6 nitrogen and oxygen atoms in total. The van der Waals surface area contributed by atoms with E-state index >= 15 is 0 Å². The SMILES string of the molecule is COCC(N)C(CO)Oc1cc(OC)cc(OC)c1. The van der Waals surface area contributed by atoms with Gasteiger partial charge in [0, 0.05) is 25.3 Å². The topological polar surface area (TPSA) is 83.2 Å². The monoisotopic (exact) mass is 271 g/mol. The van der Waals surface area contributed by atoms with Crippen LogP contribution in [-0.2, 0) is 4.74 Å². The quantitative estimate of drug-likeness (QED) is 0.713. The summed E-state index contributed by atoms with van der Waals surface area (Å²) >= 11 is 0. The Hall–Kier alpha value is -1.50. The number of rotatable bonds is 8. The van der Waals surface area contributed by atoms with E-state index in [1.807, 2.05) is 0 Å². The van der Waals surface area contributed by atoms with E-state index in [9.17, 15) is 5.11 Å². The summed E-state index contributed by atoms with van der Waals surface area (Å²) < 4.78 is 20.9. The Balaban J connectivity index is 2.83. The van der Waals surface area contributed by atoms with Gasteiger partial charge in [-0.15, -0.1) is 0 Å².